The zero-order valence-electron chi connectivity index (χ0n) is 13.7. The Labute approximate surface area is 140 Å². The molecule has 0 aliphatic carbocycles. The molecule has 7 nitrogen and oxygen atoms in total. The molecule has 3 N–H and O–H groups in total. The Morgan fingerprint density at radius 3 is 2.83 bits per heavy atom. The predicted octanol–water partition coefficient (Wildman–Crippen LogP) is 1.75. The number of hydrogen-bond donors (Lipinski definition) is 2. The maximum absolute atomic E-state index is 12.3. The summed E-state index contributed by atoms with van der Waals surface area (Å²) in [5.74, 6) is 1.33. The molecule has 0 radical (unpaired) electrons. The minimum atomic E-state index is -0.312. The van der Waals surface area contributed by atoms with Crippen LogP contribution < -0.4 is 20.5 Å². The van der Waals surface area contributed by atoms with Gasteiger partial charge in [-0.2, -0.15) is 0 Å². The molecule has 126 valence electrons. The second-order valence-corrected chi connectivity index (χ2v) is 5.90. The largest absolute Gasteiger partial charge is 0.486 e. The Kier molecular flexibility index (Phi) is 4.50. The van der Waals surface area contributed by atoms with E-state index in [9.17, 15) is 4.79 Å². The van der Waals surface area contributed by atoms with Gasteiger partial charge in [0, 0.05) is 5.69 Å². The highest BCUT2D eigenvalue weighted by atomic mass is 16.6. The molecule has 1 aliphatic heterocycles. The summed E-state index contributed by atoms with van der Waals surface area (Å²) in [6.45, 7) is 4.65. The molecular weight excluding hydrogens is 308 g/mol. The zero-order chi connectivity index (χ0) is 17.1. The summed E-state index contributed by atoms with van der Waals surface area (Å²) in [5.41, 5.74) is 6.67. The van der Waals surface area contributed by atoms with Crippen LogP contribution in [-0.4, -0.2) is 35.1 Å². The lowest BCUT2D eigenvalue weighted by molar-refractivity contribution is 0.0786. The van der Waals surface area contributed by atoms with Crippen LogP contribution in [0.2, 0.25) is 0 Å². The standard InChI is InChI=1S/C17H20N4O3/c1-10(2)12-7-13(21-17(18)20-12)16(22)19-8-11-9-23-14-5-3-4-6-15(14)24-11/h3-7,10-11H,8-9H2,1-2H3,(H,19,22)(H2,18,20,21). The smallest absolute Gasteiger partial charge is 0.270 e. The van der Waals surface area contributed by atoms with Crippen molar-refractivity contribution in [3.05, 3.63) is 41.7 Å². The van der Waals surface area contributed by atoms with Crippen LogP contribution in [-0.2, 0) is 0 Å². The first-order valence-corrected chi connectivity index (χ1v) is 7.84. The molecule has 1 unspecified atom stereocenters. The van der Waals surface area contributed by atoms with E-state index in [1.54, 1.807) is 6.07 Å². The third-order valence-electron chi connectivity index (χ3n) is 3.65. The van der Waals surface area contributed by atoms with E-state index in [0.29, 0.717) is 24.7 Å². The van der Waals surface area contributed by atoms with Gasteiger partial charge in [0.15, 0.2) is 11.5 Å². The average Bonchev–Trinajstić information content (AvgIpc) is 2.58. The second kappa shape index (κ2) is 6.74. The first kappa shape index (κ1) is 16.0. The normalized spacial score (nSPS) is 16.0. The number of rotatable bonds is 4. The van der Waals surface area contributed by atoms with Gasteiger partial charge in [-0.25, -0.2) is 9.97 Å². The Hall–Kier alpha value is -2.83. The highest BCUT2D eigenvalue weighted by Gasteiger charge is 2.22. The Bertz CT molecular complexity index is 748. The maximum Gasteiger partial charge on any atom is 0.270 e. The Morgan fingerprint density at radius 1 is 1.33 bits per heavy atom. The summed E-state index contributed by atoms with van der Waals surface area (Å²) in [6.07, 6.45) is -0.257. The van der Waals surface area contributed by atoms with Crippen LogP contribution >= 0.6 is 0 Å². The minimum absolute atomic E-state index is 0.0949. The maximum atomic E-state index is 12.3. The molecule has 2 aromatic rings. The molecule has 0 spiro atoms. The number of hydrogen-bond acceptors (Lipinski definition) is 6. The van der Waals surface area contributed by atoms with E-state index < -0.39 is 0 Å². The number of para-hydroxylation sites is 2. The van der Waals surface area contributed by atoms with Gasteiger partial charge in [-0.1, -0.05) is 26.0 Å². The lowest BCUT2D eigenvalue weighted by Gasteiger charge is -2.26. The van der Waals surface area contributed by atoms with E-state index in [1.807, 2.05) is 38.1 Å². The number of ether oxygens (including phenoxy) is 2. The van der Waals surface area contributed by atoms with Crippen molar-refractivity contribution >= 4 is 11.9 Å². The predicted molar refractivity (Wildman–Crippen MR) is 89.2 cm³/mol. The van der Waals surface area contributed by atoms with Crippen molar-refractivity contribution < 1.29 is 14.3 Å². The number of amides is 1. The number of nitrogen functional groups attached to an aromatic ring is 1. The molecule has 3 rings (SSSR count). The van der Waals surface area contributed by atoms with Crippen molar-refractivity contribution in [3.63, 3.8) is 0 Å². The minimum Gasteiger partial charge on any atom is -0.486 e. The summed E-state index contributed by atoms with van der Waals surface area (Å²) in [5, 5.41) is 2.80. The van der Waals surface area contributed by atoms with E-state index in [1.165, 1.54) is 0 Å². The molecular formula is C17H20N4O3. The summed E-state index contributed by atoms with van der Waals surface area (Å²) in [7, 11) is 0. The Morgan fingerprint density at radius 2 is 2.08 bits per heavy atom. The molecule has 0 bridgehead atoms. The molecule has 1 amide bonds. The number of nitrogens with one attached hydrogen (secondary N) is 1. The topological polar surface area (TPSA) is 99.4 Å². The van der Waals surface area contributed by atoms with Crippen molar-refractivity contribution in [3.8, 4) is 11.5 Å². The highest BCUT2D eigenvalue weighted by Crippen LogP contribution is 2.30. The number of aromatic nitrogens is 2. The summed E-state index contributed by atoms with van der Waals surface area (Å²) in [6, 6.07) is 9.10. The zero-order valence-corrected chi connectivity index (χ0v) is 13.7. The molecule has 0 saturated heterocycles. The first-order valence-electron chi connectivity index (χ1n) is 7.84. The number of nitrogens with two attached hydrogens (primary N) is 1. The molecule has 1 aliphatic rings. The van der Waals surface area contributed by atoms with Gasteiger partial charge in [-0.3, -0.25) is 4.79 Å². The second-order valence-electron chi connectivity index (χ2n) is 5.90. The number of carbonyl (C=O) groups excluding carboxylic acids is 1. The van der Waals surface area contributed by atoms with Crippen molar-refractivity contribution in [2.75, 3.05) is 18.9 Å². The molecule has 7 heteroatoms. The number of benzene rings is 1. The molecule has 1 aromatic heterocycles. The van der Waals surface area contributed by atoms with Crippen LogP contribution in [0, 0.1) is 0 Å². The SMILES string of the molecule is CC(C)c1cc(C(=O)NCC2COc3ccccc3O2)nc(N)n1. The van der Waals surface area contributed by atoms with Gasteiger partial charge in [0.25, 0.3) is 5.91 Å². The molecule has 0 saturated carbocycles. The van der Waals surface area contributed by atoms with Gasteiger partial charge in [0.05, 0.1) is 6.54 Å². The van der Waals surface area contributed by atoms with E-state index >= 15 is 0 Å². The summed E-state index contributed by atoms with van der Waals surface area (Å²) >= 11 is 0. The molecule has 1 aromatic carbocycles. The monoisotopic (exact) mass is 328 g/mol. The van der Waals surface area contributed by atoms with Crippen LogP contribution in [0.1, 0.15) is 35.9 Å². The quantitative estimate of drug-likeness (QED) is 0.887. The molecule has 2 heterocycles. The van der Waals surface area contributed by atoms with Crippen molar-refractivity contribution in [1.29, 1.82) is 0 Å². The van der Waals surface area contributed by atoms with Crippen molar-refractivity contribution in [2.45, 2.75) is 25.9 Å². The van der Waals surface area contributed by atoms with E-state index in [2.05, 4.69) is 15.3 Å². The fourth-order valence-corrected chi connectivity index (χ4v) is 2.36. The molecule has 24 heavy (non-hydrogen) atoms. The third-order valence-corrected chi connectivity index (χ3v) is 3.65. The lowest BCUT2D eigenvalue weighted by atomic mass is 10.1. The van der Waals surface area contributed by atoms with E-state index in [4.69, 9.17) is 15.2 Å². The lowest BCUT2D eigenvalue weighted by Crippen LogP contribution is -2.41. The van der Waals surface area contributed by atoms with Gasteiger partial charge < -0.3 is 20.5 Å². The Balaban J connectivity index is 1.62. The van der Waals surface area contributed by atoms with Gasteiger partial charge in [0.2, 0.25) is 5.95 Å². The number of anilines is 1. The highest BCUT2D eigenvalue weighted by molar-refractivity contribution is 5.92. The van der Waals surface area contributed by atoms with Gasteiger partial charge in [-0.05, 0) is 24.1 Å². The van der Waals surface area contributed by atoms with Crippen molar-refractivity contribution in [2.24, 2.45) is 0 Å². The van der Waals surface area contributed by atoms with Crippen LogP contribution in [0.5, 0.6) is 11.5 Å². The first-order chi connectivity index (χ1) is 11.5. The summed E-state index contributed by atoms with van der Waals surface area (Å²) in [4.78, 5) is 20.4. The number of carbonyl (C=O) groups is 1. The summed E-state index contributed by atoms with van der Waals surface area (Å²) < 4.78 is 11.4. The number of nitrogens with zero attached hydrogens (tertiary/aromatic N) is 2. The van der Waals surface area contributed by atoms with E-state index in [0.717, 1.165) is 5.69 Å². The molecule has 1 atom stereocenters. The fourth-order valence-electron chi connectivity index (χ4n) is 2.36. The van der Waals surface area contributed by atoms with Gasteiger partial charge >= 0.3 is 0 Å². The van der Waals surface area contributed by atoms with Crippen LogP contribution in [0.15, 0.2) is 30.3 Å². The van der Waals surface area contributed by atoms with Crippen LogP contribution in [0.25, 0.3) is 0 Å². The van der Waals surface area contributed by atoms with E-state index in [-0.39, 0.29) is 29.6 Å². The third kappa shape index (κ3) is 3.56. The average molecular weight is 328 g/mol. The fraction of sp³-hybridized carbons (Fsp3) is 0.353. The van der Waals surface area contributed by atoms with Crippen LogP contribution in [0.3, 0.4) is 0 Å². The van der Waals surface area contributed by atoms with Gasteiger partial charge in [0.1, 0.15) is 18.4 Å². The van der Waals surface area contributed by atoms with Crippen molar-refractivity contribution in [1.82, 2.24) is 15.3 Å². The molecule has 0 fully saturated rings. The van der Waals surface area contributed by atoms with Gasteiger partial charge in [-0.15, -0.1) is 0 Å². The number of fused-ring (bicyclic) bond motifs is 1. The van der Waals surface area contributed by atoms with Crippen LogP contribution in [0.4, 0.5) is 5.95 Å².